The molecule has 0 bridgehead atoms. The van der Waals surface area contributed by atoms with Crippen LogP contribution >= 0.6 is 11.8 Å². The summed E-state index contributed by atoms with van der Waals surface area (Å²) in [6, 6.07) is 0.921. The number of fused-ring (bicyclic) bond motifs is 3. The zero-order chi connectivity index (χ0) is 11.1. The number of aliphatic imine (C=N–C) groups is 1. The molecule has 1 saturated heterocycles. The highest BCUT2D eigenvalue weighted by molar-refractivity contribution is 8.13. The van der Waals surface area contributed by atoms with Gasteiger partial charge in [0.25, 0.3) is 0 Å². The molecule has 3 rings (SSSR count). The van der Waals surface area contributed by atoms with E-state index >= 15 is 0 Å². The number of amides is 2. The molecule has 2 aliphatic heterocycles. The zero-order valence-electron chi connectivity index (χ0n) is 9.56. The molecule has 0 spiro atoms. The summed E-state index contributed by atoms with van der Waals surface area (Å²) in [5, 5.41) is 0.978. The van der Waals surface area contributed by atoms with E-state index in [4.69, 9.17) is 4.99 Å². The lowest BCUT2D eigenvalue weighted by Crippen LogP contribution is -2.53. The Bertz CT molecular complexity index is 344. The van der Waals surface area contributed by atoms with Gasteiger partial charge in [0.15, 0.2) is 5.17 Å². The summed E-state index contributed by atoms with van der Waals surface area (Å²) in [6.45, 7) is 2.84. The van der Waals surface area contributed by atoms with Gasteiger partial charge in [-0.3, -0.25) is 9.89 Å². The fourth-order valence-electron chi connectivity index (χ4n) is 2.79. The third-order valence-electron chi connectivity index (χ3n) is 3.72. The van der Waals surface area contributed by atoms with Gasteiger partial charge in [0.05, 0.1) is 18.0 Å². The van der Waals surface area contributed by atoms with Crippen LogP contribution in [0.4, 0.5) is 4.79 Å². The van der Waals surface area contributed by atoms with Crippen LogP contribution in [0, 0.1) is 0 Å². The van der Waals surface area contributed by atoms with Crippen molar-refractivity contribution in [1.82, 2.24) is 9.80 Å². The van der Waals surface area contributed by atoms with E-state index in [9.17, 15) is 4.79 Å². The molecule has 0 N–H and O–H groups in total. The molecule has 88 valence electrons. The van der Waals surface area contributed by atoms with Crippen LogP contribution in [0.15, 0.2) is 4.99 Å². The molecule has 1 aliphatic carbocycles. The van der Waals surface area contributed by atoms with E-state index in [0.29, 0.717) is 12.1 Å². The van der Waals surface area contributed by atoms with Crippen LogP contribution in [0.1, 0.15) is 32.6 Å². The zero-order valence-corrected chi connectivity index (χ0v) is 10.4. The third kappa shape index (κ3) is 1.44. The average Bonchev–Trinajstić information content (AvgIpc) is 2.68. The van der Waals surface area contributed by atoms with Crippen LogP contribution < -0.4 is 0 Å². The highest BCUT2D eigenvalue weighted by Gasteiger charge is 2.44. The Morgan fingerprint density at radius 2 is 2.25 bits per heavy atom. The van der Waals surface area contributed by atoms with Crippen molar-refractivity contribution in [2.75, 3.05) is 12.4 Å². The molecule has 1 saturated carbocycles. The van der Waals surface area contributed by atoms with Gasteiger partial charge in [-0.05, 0) is 19.8 Å². The number of urea groups is 1. The highest BCUT2D eigenvalue weighted by Crippen LogP contribution is 2.36. The number of hydrogen-bond acceptors (Lipinski definition) is 3. The number of thioether (sulfide) groups is 1. The molecule has 0 aromatic carbocycles. The van der Waals surface area contributed by atoms with Gasteiger partial charge < -0.3 is 4.90 Å². The Morgan fingerprint density at radius 1 is 1.44 bits per heavy atom. The molecule has 2 heterocycles. The molecular formula is C11H17N3OS. The SMILES string of the molecule is CCN1CSC2=N[C@H]3CCCC[C@@H]3N2C1=O. The van der Waals surface area contributed by atoms with Crippen LogP contribution in [0.2, 0.25) is 0 Å². The van der Waals surface area contributed by atoms with Gasteiger partial charge in [-0.15, -0.1) is 0 Å². The van der Waals surface area contributed by atoms with E-state index in [-0.39, 0.29) is 6.03 Å². The summed E-state index contributed by atoms with van der Waals surface area (Å²) in [4.78, 5) is 20.8. The fraction of sp³-hybridized carbons (Fsp3) is 0.818. The monoisotopic (exact) mass is 239 g/mol. The molecular weight excluding hydrogens is 222 g/mol. The maximum atomic E-state index is 12.3. The molecule has 3 aliphatic rings. The molecule has 4 nitrogen and oxygen atoms in total. The van der Waals surface area contributed by atoms with Crippen molar-refractivity contribution < 1.29 is 4.79 Å². The minimum atomic E-state index is 0.175. The molecule has 5 heteroatoms. The van der Waals surface area contributed by atoms with Gasteiger partial charge in [-0.1, -0.05) is 24.6 Å². The van der Waals surface area contributed by atoms with Crippen molar-refractivity contribution in [1.29, 1.82) is 0 Å². The number of nitrogens with zero attached hydrogens (tertiary/aromatic N) is 3. The van der Waals surface area contributed by atoms with Crippen molar-refractivity contribution in [3.8, 4) is 0 Å². The molecule has 2 fully saturated rings. The lowest BCUT2D eigenvalue weighted by Gasteiger charge is -2.37. The van der Waals surface area contributed by atoms with E-state index in [1.54, 1.807) is 11.8 Å². The van der Waals surface area contributed by atoms with Crippen LogP contribution in [-0.2, 0) is 0 Å². The molecule has 2 amide bonds. The van der Waals surface area contributed by atoms with E-state index in [2.05, 4.69) is 0 Å². The molecule has 0 aromatic heterocycles. The normalized spacial score (nSPS) is 33.6. The standard InChI is InChI=1S/C11H17N3OS/c1-2-13-7-16-10-12-8-5-3-4-6-9(8)14(10)11(13)15/h8-9H,2-7H2,1H3/t8-,9-/m0/s1. The quantitative estimate of drug-likeness (QED) is 0.702. The second-order valence-electron chi connectivity index (χ2n) is 4.61. The second kappa shape index (κ2) is 3.95. The van der Waals surface area contributed by atoms with Crippen LogP contribution in [-0.4, -0.2) is 45.5 Å². The summed E-state index contributed by atoms with van der Waals surface area (Å²) in [5.41, 5.74) is 0. The lowest BCUT2D eigenvalue weighted by molar-refractivity contribution is 0.164. The Labute approximate surface area is 100 Å². The number of carbonyl (C=O) groups excluding carboxylic acids is 1. The van der Waals surface area contributed by atoms with Crippen LogP contribution in [0.3, 0.4) is 0 Å². The van der Waals surface area contributed by atoms with E-state index < -0.39 is 0 Å². The Morgan fingerprint density at radius 3 is 3.06 bits per heavy atom. The van der Waals surface area contributed by atoms with Gasteiger partial charge in [-0.2, -0.15) is 0 Å². The van der Waals surface area contributed by atoms with Crippen molar-refractivity contribution in [2.24, 2.45) is 4.99 Å². The Hall–Kier alpha value is -0.710. The number of hydrogen-bond donors (Lipinski definition) is 0. The first-order chi connectivity index (χ1) is 7.81. The summed E-state index contributed by atoms with van der Waals surface area (Å²) in [7, 11) is 0. The number of amidine groups is 1. The van der Waals surface area contributed by atoms with Gasteiger partial charge in [-0.25, -0.2) is 4.79 Å². The Balaban J connectivity index is 1.86. The van der Waals surface area contributed by atoms with Gasteiger partial charge in [0.2, 0.25) is 0 Å². The number of rotatable bonds is 1. The first-order valence-electron chi connectivity index (χ1n) is 6.10. The smallest absolute Gasteiger partial charge is 0.315 e. The predicted molar refractivity (Wildman–Crippen MR) is 65.6 cm³/mol. The minimum absolute atomic E-state index is 0.175. The first kappa shape index (κ1) is 10.4. The van der Waals surface area contributed by atoms with E-state index in [1.807, 2.05) is 16.7 Å². The lowest BCUT2D eigenvalue weighted by atomic mass is 9.91. The van der Waals surface area contributed by atoms with Gasteiger partial charge >= 0.3 is 6.03 Å². The second-order valence-corrected chi connectivity index (χ2v) is 5.52. The summed E-state index contributed by atoms with van der Waals surface area (Å²) >= 11 is 1.72. The average molecular weight is 239 g/mol. The minimum Gasteiger partial charge on any atom is -0.315 e. The van der Waals surface area contributed by atoms with Crippen molar-refractivity contribution >= 4 is 23.0 Å². The van der Waals surface area contributed by atoms with Crippen molar-refractivity contribution in [3.63, 3.8) is 0 Å². The number of carbonyl (C=O) groups is 1. The van der Waals surface area contributed by atoms with E-state index in [0.717, 1.165) is 30.4 Å². The third-order valence-corrected chi connectivity index (χ3v) is 4.72. The van der Waals surface area contributed by atoms with Crippen molar-refractivity contribution in [3.05, 3.63) is 0 Å². The summed E-state index contributed by atoms with van der Waals surface area (Å²) < 4.78 is 0. The molecule has 0 unspecified atom stereocenters. The summed E-state index contributed by atoms with van der Waals surface area (Å²) in [6.07, 6.45) is 4.79. The first-order valence-corrected chi connectivity index (χ1v) is 7.08. The summed E-state index contributed by atoms with van der Waals surface area (Å²) in [5.74, 6) is 0.768. The molecule has 16 heavy (non-hydrogen) atoms. The molecule has 0 radical (unpaired) electrons. The molecule has 2 atom stereocenters. The fourth-order valence-corrected chi connectivity index (χ4v) is 3.92. The predicted octanol–water partition coefficient (Wildman–Crippen LogP) is 2.12. The van der Waals surface area contributed by atoms with Crippen LogP contribution in [0.5, 0.6) is 0 Å². The maximum Gasteiger partial charge on any atom is 0.327 e. The van der Waals surface area contributed by atoms with Gasteiger partial charge in [0.1, 0.15) is 0 Å². The molecule has 0 aromatic rings. The van der Waals surface area contributed by atoms with Gasteiger partial charge in [0, 0.05) is 6.54 Å². The highest BCUT2D eigenvalue weighted by atomic mass is 32.2. The largest absolute Gasteiger partial charge is 0.327 e. The van der Waals surface area contributed by atoms with Crippen molar-refractivity contribution in [2.45, 2.75) is 44.7 Å². The van der Waals surface area contributed by atoms with E-state index in [1.165, 1.54) is 12.8 Å². The Kier molecular flexibility index (Phi) is 2.58. The van der Waals surface area contributed by atoms with Crippen LogP contribution in [0.25, 0.3) is 0 Å². The topological polar surface area (TPSA) is 35.9 Å². The maximum absolute atomic E-state index is 12.3.